The summed E-state index contributed by atoms with van der Waals surface area (Å²) < 4.78 is 82.1. The molecular formula is C16H9F6N3S. The van der Waals surface area contributed by atoms with Crippen molar-refractivity contribution < 1.29 is 26.3 Å². The van der Waals surface area contributed by atoms with Crippen LogP contribution in [-0.2, 0) is 12.8 Å². The monoisotopic (exact) mass is 389 g/mol. The van der Waals surface area contributed by atoms with Crippen molar-refractivity contribution in [3.8, 4) is 11.4 Å². The highest BCUT2D eigenvalue weighted by Gasteiger charge is 2.26. The van der Waals surface area contributed by atoms with Crippen molar-refractivity contribution >= 4 is 11.8 Å². The molecule has 1 heterocycles. The molecule has 0 aliphatic carbocycles. The lowest BCUT2D eigenvalue weighted by molar-refractivity contribution is 0.372. The van der Waals surface area contributed by atoms with Gasteiger partial charge < -0.3 is 4.57 Å². The van der Waals surface area contributed by atoms with Gasteiger partial charge in [-0.15, -0.1) is 10.2 Å². The third-order valence-electron chi connectivity index (χ3n) is 3.60. The standard InChI is InChI=1S/C16H9F6N3S/c1-25-15(7-4-2-3-5-9(7)17)23-24-16(25)26-6-8-10(18)12(20)14(22)13(21)11(8)19/h2-5H,6H2,1H3. The Balaban J connectivity index is 1.90. The number of hydrogen-bond donors (Lipinski definition) is 0. The van der Waals surface area contributed by atoms with E-state index in [2.05, 4.69) is 10.2 Å². The summed E-state index contributed by atoms with van der Waals surface area (Å²) in [5.74, 6) is -11.0. The van der Waals surface area contributed by atoms with E-state index in [1.165, 1.54) is 29.8 Å². The van der Waals surface area contributed by atoms with E-state index in [0.29, 0.717) is 11.8 Å². The second-order valence-electron chi connectivity index (χ2n) is 5.18. The topological polar surface area (TPSA) is 30.7 Å². The van der Waals surface area contributed by atoms with Crippen molar-refractivity contribution in [2.24, 2.45) is 7.05 Å². The first-order chi connectivity index (χ1) is 12.3. The smallest absolute Gasteiger partial charge is 0.200 e. The van der Waals surface area contributed by atoms with Crippen LogP contribution in [0.1, 0.15) is 5.56 Å². The molecule has 3 nitrogen and oxygen atoms in total. The summed E-state index contributed by atoms with van der Waals surface area (Å²) in [5.41, 5.74) is -0.813. The van der Waals surface area contributed by atoms with Crippen LogP contribution in [0.4, 0.5) is 26.3 Å². The van der Waals surface area contributed by atoms with E-state index in [9.17, 15) is 26.3 Å². The van der Waals surface area contributed by atoms with Crippen LogP contribution in [-0.4, -0.2) is 14.8 Å². The van der Waals surface area contributed by atoms with Gasteiger partial charge in [-0.25, -0.2) is 26.3 Å². The van der Waals surface area contributed by atoms with Crippen molar-refractivity contribution in [3.05, 3.63) is 64.7 Å². The first kappa shape index (κ1) is 18.3. The van der Waals surface area contributed by atoms with Crippen LogP contribution in [0.2, 0.25) is 0 Å². The first-order valence-corrected chi connectivity index (χ1v) is 8.08. The average Bonchev–Trinajstić information content (AvgIpc) is 2.99. The minimum absolute atomic E-state index is 0.118. The zero-order valence-corrected chi connectivity index (χ0v) is 13.9. The van der Waals surface area contributed by atoms with E-state index < -0.39 is 46.2 Å². The van der Waals surface area contributed by atoms with Crippen molar-refractivity contribution in [2.45, 2.75) is 10.9 Å². The molecule has 2 aromatic carbocycles. The zero-order valence-electron chi connectivity index (χ0n) is 13.0. The largest absolute Gasteiger partial charge is 0.305 e. The van der Waals surface area contributed by atoms with E-state index in [-0.39, 0.29) is 16.5 Å². The fraction of sp³-hybridized carbons (Fsp3) is 0.125. The van der Waals surface area contributed by atoms with Gasteiger partial charge >= 0.3 is 0 Å². The molecular weight excluding hydrogens is 380 g/mol. The van der Waals surface area contributed by atoms with Gasteiger partial charge in [0.05, 0.1) is 5.56 Å². The van der Waals surface area contributed by atoms with Crippen molar-refractivity contribution in [1.82, 2.24) is 14.8 Å². The van der Waals surface area contributed by atoms with Gasteiger partial charge in [0, 0.05) is 18.4 Å². The molecule has 10 heteroatoms. The molecule has 1 aromatic heterocycles. The van der Waals surface area contributed by atoms with Crippen LogP contribution in [0, 0.1) is 34.9 Å². The Morgan fingerprint density at radius 3 is 2.04 bits per heavy atom. The van der Waals surface area contributed by atoms with Crippen LogP contribution >= 0.6 is 11.8 Å². The fourth-order valence-electron chi connectivity index (χ4n) is 2.23. The van der Waals surface area contributed by atoms with Gasteiger partial charge in [-0.3, -0.25) is 0 Å². The third kappa shape index (κ3) is 3.05. The van der Waals surface area contributed by atoms with Gasteiger partial charge in [-0.2, -0.15) is 0 Å². The molecule has 0 saturated carbocycles. The number of rotatable bonds is 4. The van der Waals surface area contributed by atoms with Gasteiger partial charge in [0.2, 0.25) is 5.82 Å². The third-order valence-corrected chi connectivity index (χ3v) is 4.64. The van der Waals surface area contributed by atoms with Gasteiger partial charge in [0.1, 0.15) is 5.82 Å². The molecule has 0 fully saturated rings. The normalized spacial score (nSPS) is 11.2. The van der Waals surface area contributed by atoms with Gasteiger partial charge in [-0.1, -0.05) is 23.9 Å². The summed E-state index contributed by atoms with van der Waals surface area (Å²) in [4.78, 5) is 0. The van der Waals surface area contributed by atoms with Crippen LogP contribution in [0.15, 0.2) is 29.4 Å². The maximum atomic E-state index is 13.8. The Kier molecular flexibility index (Phi) is 4.94. The van der Waals surface area contributed by atoms with E-state index >= 15 is 0 Å². The molecule has 0 unspecified atom stereocenters. The average molecular weight is 389 g/mol. The predicted molar refractivity (Wildman–Crippen MR) is 82.2 cm³/mol. The van der Waals surface area contributed by atoms with Crippen molar-refractivity contribution in [1.29, 1.82) is 0 Å². The molecule has 3 aromatic rings. The number of thioether (sulfide) groups is 1. The molecule has 0 saturated heterocycles. The Hall–Kier alpha value is -2.49. The maximum absolute atomic E-state index is 13.8. The van der Waals surface area contributed by atoms with Gasteiger partial charge in [-0.05, 0) is 12.1 Å². The highest BCUT2D eigenvalue weighted by Crippen LogP contribution is 2.30. The summed E-state index contributed by atoms with van der Waals surface area (Å²) in [6.45, 7) is 0. The first-order valence-electron chi connectivity index (χ1n) is 7.10. The lowest BCUT2D eigenvalue weighted by Crippen LogP contribution is -2.06. The van der Waals surface area contributed by atoms with Crippen LogP contribution in [0.25, 0.3) is 11.4 Å². The fourth-order valence-corrected chi connectivity index (χ4v) is 3.14. The molecule has 3 rings (SSSR count). The number of hydrogen-bond acceptors (Lipinski definition) is 3. The maximum Gasteiger partial charge on any atom is 0.200 e. The van der Waals surface area contributed by atoms with E-state index in [1.807, 2.05) is 0 Å². The minimum atomic E-state index is -2.21. The van der Waals surface area contributed by atoms with Gasteiger partial charge in [0.15, 0.2) is 34.2 Å². The highest BCUT2D eigenvalue weighted by atomic mass is 32.2. The second-order valence-corrected chi connectivity index (χ2v) is 6.12. The van der Waals surface area contributed by atoms with Crippen LogP contribution in [0.5, 0.6) is 0 Å². The lowest BCUT2D eigenvalue weighted by atomic mass is 10.2. The Labute approximate surface area is 147 Å². The molecule has 0 radical (unpaired) electrons. The quantitative estimate of drug-likeness (QED) is 0.283. The lowest BCUT2D eigenvalue weighted by Gasteiger charge is -2.08. The minimum Gasteiger partial charge on any atom is -0.305 e. The number of aromatic nitrogens is 3. The molecule has 0 aliphatic heterocycles. The highest BCUT2D eigenvalue weighted by molar-refractivity contribution is 7.98. The number of nitrogens with zero attached hydrogens (tertiary/aromatic N) is 3. The van der Waals surface area contributed by atoms with Crippen molar-refractivity contribution in [3.63, 3.8) is 0 Å². The summed E-state index contributed by atoms with van der Waals surface area (Å²) in [6, 6.07) is 5.78. The summed E-state index contributed by atoms with van der Waals surface area (Å²) >= 11 is 0.704. The van der Waals surface area contributed by atoms with E-state index in [0.717, 1.165) is 0 Å². The summed E-state index contributed by atoms with van der Waals surface area (Å²) in [7, 11) is 1.49. The van der Waals surface area contributed by atoms with Crippen molar-refractivity contribution in [2.75, 3.05) is 0 Å². The van der Waals surface area contributed by atoms with E-state index in [1.54, 1.807) is 6.07 Å². The molecule has 136 valence electrons. The van der Waals surface area contributed by atoms with Crippen LogP contribution < -0.4 is 0 Å². The molecule has 0 bridgehead atoms. The predicted octanol–water partition coefficient (Wildman–Crippen LogP) is 4.61. The molecule has 0 atom stereocenters. The number of halogens is 6. The molecule has 0 amide bonds. The second kappa shape index (κ2) is 7.02. The molecule has 26 heavy (non-hydrogen) atoms. The van der Waals surface area contributed by atoms with Crippen LogP contribution in [0.3, 0.4) is 0 Å². The number of benzene rings is 2. The SMILES string of the molecule is Cn1c(SCc2c(F)c(F)c(F)c(F)c2F)nnc1-c1ccccc1F. The summed E-state index contributed by atoms with van der Waals surface area (Å²) in [6.07, 6.45) is 0. The van der Waals surface area contributed by atoms with Gasteiger partial charge in [0.25, 0.3) is 0 Å². The molecule has 0 spiro atoms. The Morgan fingerprint density at radius 1 is 0.846 bits per heavy atom. The Morgan fingerprint density at radius 2 is 1.42 bits per heavy atom. The molecule has 0 aliphatic rings. The Bertz CT molecular complexity index is 959. The van der Waals surface area contributed by atoms with E-state index in [4.69, 9.17) is 0 Å². The summed E-state index contributed by atoms with van der Waals surface area (Å²) in [5, 5.41) is 7.70. The molecule has 0 N–H and O–H groups in total. The zero-order chi connectivity index (χ0) is 19.0.